The fraction of sp³-hybridized carbons (Fsp3) is 0.917. The van der Waals surface area contributed by atoms with E-state index < -0.39 is 16.0 Å². The molecule has 0 saturated carbocycles. The summed E-state index contributed by atoms with van der Waals surface area (Å²) >= 11 is 0. The van der Waals surface area contributed by atoms with Crippen molar-refractivity contribution in [3.8, 4) is 0 Å². The van der Waals surface area contributed by atoms with Gasteiger partial charge in [0.2, 0.25) is 10.0 Å². The largest absolute Gasteiger partial charge is 0.481 e. The molecule has 0 spiro atoms. The maximum atomic E-state index is 11.3. The summed E-state index contributed by atoms with van der Waals surface area (Å²) in [5, 5.41) is 11.9. The van der Waals surface area contributed by atoms with E-state index in [1.165, 1.54) is 10.6 Å². The van der Waals surface area contributed by atoms with Crippen LogP contribution in [0.5, 0.6) is 0 Å². The van der Waals surface area contributed by atoms with E-state index in [2.05, 4.69) is 5.32 Å². The Bertz CT molecular complexity index is 375. The van der Waals surface area contributed by atoms with Crippen LogP contribution in [0.4, 0.5) is 0 Å². The summed E-state index contributed by atoms with van der Waals surface area (Å²) in [4.78, 5) is 10.3. The molecule has 0 unspecified atom stereocenters. The van der Waals surface area contributed by atoms with Gasteiger partial charge in [-0.25, -0.2) is 12.7 Å². The average Bonchev–Trinajstić information content (AvgIpc) is 2.32. The van der Waals surface area contributed by atoms with Gasteiger partial charge in [0.25, 0.3) is 0 Å². The quantitative estimate of drug-likeness (QED) is 0.641. The summed E-state index contributed by atoms with van der Waals surface area (Å²) in [6.45, 7) is 2.06. The van der Waals surface area contributed by atoms with Crippen LogP contribution in [0.3, 0.4) is 0 Å². The third kappa shape index (κ3) is 6.89. The molecule has 1 rings (SSSR count). The van der Waals surface area contributed by atoms with Crippen LogP contribution in [0.25, 0.3) is 0 Å². The summed E-state index contributed by atoms with van der Waals surface area (Å²) in [7, 11) is -3.04. The van der Waals surface area contributed by atoms with Crippen LogP contribution in [-0.2, 0) is 14.8 Å². The zero-order valence-electron chi connectivity index (χ0n) is 11.5. The molecule has 0 radical (unpaired) electrons. The molecule has 1 fully saturated rings. The first kappa shape index (κ1) is 16.4. The second-order valence-corrected chi connectivity index (χ2v) is 7.08. The second kappa shape index (κ2) is 7.81. The van der Waals surface area contributed by atoms with Crippen molar-refractivity contribution >= 4 is 16.0 Å². The third-order valence-corrected chi connectivity index (χ3v) is 4.73. The van der Waals surface area contributed by atoms with Gasteiger partial charge in [0, 0.05) is 25.6 Å². The number of carbonyl (C=O) groups is 1. The Morgan fingerprint density at radius 1 is 1.26 bits per heavy atom. The molecule has 0 aromatic heterocycles. The summed E-state index contributed by atoms with van der Waals surface area (Å²) in [5.74, 6) is -0.735. The predicted molar refractivity (Wildman–Crippen MR) is 73.5 cm³/mol. The summed E-state index contributed by atoms with van der Waals surface area (Å²) in [6, 6.07) is 0.387. The van der Waals surface area contributed by atoms with Gasteiger partial charge in [-0.1, -0.05) is 6.42 Å². The molecule has 0 bridgehead atoms. The van der Waals surface area contributed by atoms with Gasteiger partial charge >= 0.3 is 5.97 Å². The zero-order valence-corrected chi connectivity index (χ0v) is 12.3. The van der Waals surface area contributed by atoms with Gasteiger partial charge in [0.1, 0.15) is 0 Å². The molecule has 1 saturated heterocycles. The lowest BCUT2D eigenvalue weighted by Crippen LogP contribution is -2.44. The zero-order chi connectivity index (χ0) is 14.3. The molecule has 0 aliphatic carbocycles. The molecular weight excluding hydrogens is 268 g/mol. The van der Waals surface area contributed by atoms with Crippen LogP contribution in [0.2, 0.25) is 0 Å². The number of carboxylic acids is 1. The van der Waals surface area contributed by atoms with Crippen LogP contribution in [-0.4, -0.2) is 55.7 Å². The van der Waals surface area contributed by atoms with Crippen molar-refractivity contribution < 1.29 is 18.3 Å². The Morgan fingerprint density at radius 3 is 2.42 bits per heavy atom. The number of nitrogens with one attached hydrogen (secondary N) is 1. The van der Waals surface area contributed by atoms with E-state index in [0.717, 1.165) is 38.6 Å². The molecular formula is C12H24N2O4S. The lowest BCUT2D eigenvalue weighted by molar-refractivity contribution is -0.137. The van der Waals surface area contributed by atoms with Gasteiger partial charge in [-0.15, -0.1) is 0 Å². The second-order valence-electron chi connectivity index (χ2n) is 5.09. The van der Waals surface area contributed by atoms with Crippen LogP contribution in [0.1, 0.15) is 38.5 Å². The highest BCUT2D eigenvalue weighted by Crippen LogP contribution is 2.13. The van der Waals surface area contributed by atoms with E-state index in [4.69, 9.17) is 5.11 Å². The van der Waals surface area contributed by atoms with E-state index in [0.29, 0.717) is 19.1 Å². The number of unbranched alkanes of at least 4 members (excludes halogenated alkanes) is 2. The number of hydrogen-bond donors (Lipinski definition) is 2. The lowest BCUT2D eigenvalue weighted by Gasteiger charge is -2.30. The number of hydrogen-bond acceptors (Lipinski definition) is 4. The molecule has 0 atom stereocenters. The smallest absolute Gasteiger partial charge is 0.303 e. The molecule has 112 valence electrons. The number of nitrogens with zero attached hydrogens (tertiary/aromatic N) is 1. The van der Waals surface area contributed by atoms with Gasteiger partial charge in [-0.05, 0) is 32.2 Å². The van der Waals surface area contributed by atoms with E-state index in [-0.39, 0.29) is 6.42 Å². The van der Waals surface area contributed by atoms with E-state index in [9.17, 15) is 13.2 Å². The molecule has 6 nitrogen and oxygen atoms in total. The number of sulfonamides is 1. The Labute approximate surface area is 115 Å². The van der Waals surface area contributed by atoms with Crippen LogP contribution in [0.15, 0.2) is 0 Å². The standard InChI is InChI=1S/C12H24N2O4S/c1-19(17,18)14-9-6-11(7-10-14)13-8-4-2-3-5-12(15)16/h11,13H,2-10H2,1H3,(H,15,16). The van der Waals surface area contributed by atoms with E-state index >= 15 is 0 Å². The van der Waals surface area contributed by atoms with Crippen LogP contribution >= 0.6 is 0 Å². The maximum absolute atomic E-state index is 11.3. The fourth-order valence-electron chi connectivity index (χ4n) is 2.28. The minimum atomic E-state index is -3.04. The highest BCUT2D eigenvalue weighted by Gasteiger charge is 2.24. The lowest BCUT2D eigenvalue weighted by atomic mass is 10.1. The minimum absolute atomic E-state index is 0.243. The molecule has 1 aliphatic heterocycles. The molecule has 0 amide bonds. The third-order valence-electron chi connectivity index (χ3n) is 3.42. The number of carboxylic acid groups (broad SMARTS) is 1. The van der Waals surface area contributed by atoms with Crippen molar-refractivity contribution in [2.24, 2.45) is 0 Å². The molecule has 1 heterocycles. The Hall–Kier alpha value is -0.660. The molecule has 0 aromatic rings. The van der Waals surface area contributed by atoms with Crippen molar-refractivity contribution in [2.75, 3.05) is 25.9 Å². The number of aliphatic carboxylic acids is 1. The van der Waals surface area contributed by atoms with Crippen molar-refractivity contribution in [2.45, 2.75) is 44.6 Å². The highest BCUT2D eigenvalue weighted by molar-refractivity contribution is 7.88. The normalized spacial score (nSPS) is 18.6. The SMILES string of the molecule is CS(=O)(=O)N1CCC(NCCCCCC(=O)O)CC1. The molecule has 2 N–H and O–H groups in total. The fourth-order valence-corrected chi connectivity index (χ4v) is 3.15. The Morgan fingerprint density at radius 2 is 1.89 bits per heavy atom. The number of piperidine rings is 1. The maximum Gasteiger partial charge on any atom is 0.303 e. The summed E-state index contributed by atoms with van der Waals surface area (Å²) in [5.41, 5.74) is 0. The Balaban J connectivity index is 2.05. The van der Waals surface area contributed by atoms with Gasteiger partial charge in [0.15, 0.2) is 0 Å². The van der Waals surface area contributed by atoms with Crippen LogP contribution in [0, 0.1) is 0 Å². The van der Waals surface area contributed by atoms with Gasteiger partial charge < -0.3 is 10.4 Å². The first-order valence-corrected chi connectivity index (χ1v) is 8.64. The van der Waals surface area contributed by atoms with E-state index in [1.807, 2.05) is 0 Å². The van der Waals surface area contributed by atoms with Crippen molar-refractivity contribution in [3.63, 3.8) is 0 Å². The van der Waals surface area contributed by atoms with Gasteiger partial charge in [-0.3, -0.25) is 4.79 Å². The van der Waals surface area contributed by atoms with Crippen LogP contribution < -0.4 is 5.32 Å². The molecule has 1 aliphatic rings. The van der Waals surface area contributed by atoms with Crippen molar-refractivity contribution in [1.82, 2.24) is 9.62 Å². The average molecular weight is 292 g/mol. The molecule has 0 aromatic carbocycles. The number of rotatable bonds is 8. The molecule has 7 heteroatoms. The van der Waals surface area contributed by atoms with Gasteiger partial charge in [-0.2, -0.15) is 0 Å². The first-order valence-electron chi connectivity index (χ1n) is 6.80. The predicted octanol–water partition coefficient (Wildman–Crippen LogP) is 0.645. The monoisotopic (exact) mass is 292 g/mol. The molecule has 19 heavy (non-hydrogen) atoms. The minimum Gasteiger partial charge on any atom is -0.481 e. The first-order chi connectivity index (χ1) is 8.89. The van der Waals surface area contributed by atoms with Crippen molar-refractivity contribution in [3.05, 3.63) is 0 Å². The Kier molecular flexibility index (Phi) is 6.74. The summed E-state index contributed by atoms with van der Waals surface area (Å²) in [6.07, 6.45) is 5.81. The van der Waals surface area contributed by atoms with Crippen molar-refractivity contribution in [1.29, 1.82) is 0 Å². The highest BCUT2D eigenvalue weighted by atomic mass is 32.2. The van der Waals surface area contributed by atoms with Gasteiger partial charge in [0.05, 0.1) is 6.26 Å². The topological polar surface area (TPSA) is 86.7 Å². The van der Waals surface area contributed by atoms with E-state index in [1.54, 1.807) is 0 Å². The summed E-state index contributed by atoms with van der Waals surface area (Å²) < 4.78 is 24.2.